The van der Waals surface area contributed by atoms with Crippen molar-refractivity contribution in [2.75, 3.05) is 13.1 Å². The fourth-order valence-electron chi connectivity index (χ4n) is 0.233. The van der Waals surface area contributed by atoms with Gasteiger partial charge in [0.05, 0.1) is 0 Å². The largest absolute Gasteiger partial charge is 1.00 e. The first-order valence-corrected chi connectivity index (χ1v) is 1.76. The minimum atomic E-state index is -1.05. The van der Waals surface area contributed by atoms with Gasteiger partial charge in [0.15, 0.2) is 0 Å². The summed E-state index contributed by atoms with van der Waals surface area (Å²) in [5.41, 5.74) is 0. The predicted molar refractivity (Wildman–Crippen MR) is 17.0 cm³/mol. The van der Waals surface area contributed by atoms with E-state index in [4.69, 9.17) is 0 Å². The third-order valence-corrected chi connectivity index (χ3v) is 0.705. The second-order valence-corrected chi connectivity index (χ2v) is 1.25. The van der Waals surface area contributed by atoms with Gasteiger partial charge in [-0.3, -0.25) is 0 Å². The predicted octanol–water partition coefficient (Wildman–Crippen LogP) is -4.35. The van der Waals surface area contributed by atoms with E-state index in [-0.39, 0.29) is 29.6 Å². The first kappa shape index (κ1) is 7.27. The number of nitrogens with zero attached hydrogens (tertiary/aromatic N) is 1. The normalized spacial score (nSPS) is 15.1. The molecule has 0 N–H and O–H groups in total. The van der Waals surface area contributed by atoms with Crippen LogP contribution in [0.25, 0.3) is 0 Å². The molecule has 1 saturated heterocycles. The summed E-state index contributed by atoms with van der Waals surface area (Å²) in [5, 5.41) is 9.58. The van der Waals surface area contributed by atoms with Gasteiger partial charge in [-0.25, -0.2) is 0 Å². The van der Waals surface area contributed by atoms with Gasteiger partial charge < -0.3 is 14.8 Å². The number of rotatable bonds is 0. The van der Waals surface area contributed by atoms with E-state index in [1.807, 2.05) is 0 Å². The Morgan fingerprint density at radius 3 is 2.00 bits per heavy atom. The van der Waals surface area contributed by atoms with Gasteiger partial charge in [0.1, 0.15) is 6.09 Å². The molecule has 0 aromatic carbocycles. The van der Waals surface area contributed by atoms with Gasteiger partial charge in [-0.2, -0.15) is 0 Å². The monoisotopic (exact) mass is 109 g/mol. The maximum Gasteiger partial charge on any atom is 1.00 e. The third-order valence-electron chi connectivity index (χ3n) is 0.705. The molecular formula is C3H4NNaO2. The number of amides is 1. The summed E-state index contributed by atoms with van der Waals surface area (Å²) >= 11 is 0. The average Bonchev–Trinajstić information content (AvgIpc) is 2.06. The number of carbonyl (C=O) groups is 1. The first-order valence-electron chi connectivity index (χ1n) is 1.76. The van der Waals surface area contributed by atoms with Gasteiger partial charge >= 0.3 is 29.6 Å². The molecule has 0 saturated carbocycles. The number of hydrogen-bond donors (Lipinski definition) is 0. The Bertz CT molecular complexity index is 81.0. The molecule has 34 valence electrons. The molecule has 1 rings (SSSR count). The molecule has 1 fully saturated rings. The molecule has 7 heavy (non-hydrogen) atoms. The van der Waals surface area contributed by atoms with Crippen LogP contribution in [0.15, 0.2) is 0 Å². The molecular weight excluding hydrogens is 105 g/mol. The van der Waals surface area contributed by atoms with Crippen molar-refractivity contribution in [3.05, 3.63) is 0 Å². The van der Waals surface area contributed by atoms with Crippen LogP contribution in [0.1, 0.15) is 0 Å². The van der Waals surface area contributed by atoms with Crippen LogP contribution in [0.5, 0.6) is 0 Å². The summed E-state index contributed by atoms with van der Waals surface area (Å²) in [6, 6.07) is 0. The third kappa shape index (κ3) is 2.16. The van der Waals surface area contributed by atoms with Crippen molar-refractivity contribution in [2.45, 2.75) is 0 Å². The van der Waals surface area contributed by atoms with Crippen LogP contribution < -0.4 is 34.7 Å². The zero-order valence-corrected chi connectivity index (χ0v) is 6.18. The summed E-state index contributed by atoms with van der Waals surface area (Å²) in [5.74, 6) is 0. The van der Waals surface area contributed by atoms with E-state index in [9.17, 15) is 9.90 Å². The standard InChI is InChI=1S/C3H5NO2.Na/c5-3(6)4-1-2-4;/h1-2H2,(H,5,6);/q;+1/p-1. The molecule has 0 radical (unpaired) electrons. The van der Waals surface area contributed by atoms with Crippen molar-refractivity contribution in [3.63, 3.8) is 0 Å². The van der Waals surface area contributed by atoms with E-state index in [0.717, 1.165) is 0 Å². The van der Waals surface area contributed by atoms with Crippen LogP contribution in [0.3, 0.4) is 0 Å². The van der Waals surface area contributed by atoms with Crippen LogP contribution in [0.4, 0.5) is 4.79 Å². The first-order chi connectivity index (χ1) is 2.80. The van der Waals surface area contributed by atoms with Gasteiger partial charge in [0, 0.05) is 13.1 Å². The molecule has 0 aromatic rings. The molecule has 0 bridgehead atoms. The van der Waals surface area contributed by atoms with Crippen molar-refractivity contribution < 1.29 is 39.5 Å². The van der Waals surface area contributed by atoms with Gasteiger partial charge in [0.25, 0.3) is 0 Å². The van der Waals surface area contributed by atoms with Crippen LogP contribution in [0, 0.1) is 0 Å². The molecule has 0 atom stereocenters. The number of carbonyl (C=O) groups excluding carboxylic acids is 1. The molecule has 3 nitrogen and oxygen atoms in total. The van der Waals surface area contributed by atoms with Gasteiger partial charge in [-0.05, 0) is 0 Å². The summed E-state index contributed by atoms with van der Waals surface area (Å²) < 4.78 is 0. The molecule has 1 heterocycles. The molecule has 4 heteroatoms. The second kappa shape index (κ2) is 2.55. The van der Waals surface area contributed by atoms with Gasteiger partial charge in [0.2, 0.25) is 0 Å². The van der Waals surface area contributed by atoms with Crippen molar-refractivity contribution in [2.24, 2.45) is 0 Å². The zero-order valence-electron chi connectivity index (χ0n) is 4.18. The van der Waals surface area contributed by atoms with Crippen LogP contribution in [-0.2, 0) is 0 Å². The van der Waals surface area contributed by atoms with Crippen molar-refractivity contribution in [1.29, 1.82) is 0 Å². The number of carboxylic acid groups (broad SMARTS) is 1. The van der Waals surface area contributed by atoms with E-state index >= 15 is 0 Å². The molecule has 0 aliphatic carbocycles. The number of hydrogen-bond acceptors (Lipinski definition) is 2. The maximum absolute atomic E-state index is 9.58. The minimum Gasteiger partial charge on any atom is -0.530 e. The Hall–Kier alpha value is 0.270. The summed E-state index contributed by atoms with van der Waals surface area (Å²) in [6.07, 6.45) is -1.05. The summed E-state index contributed by atoms with van der Waals surface area (Å²) in [4.78, 5) is 10.8. The topological polar surface area (TPSA) is 43.1 Å². The van der Waals surface area contributed by atoms with Gasteiger partial charge in [-0.1, -0.05) is 0 Å². The Balaban J connectivity index is 0.000000360. The van der Waals surface area contributed by atoms with Gasteiger partial charge in [-0.15, -0.1) is 0 Å². The van der Waals surface area contributed by atoms with Crippen LogP contribution in [-0.4, -0.2) is 24.1 Å². The average molecular weight is 109 g/mol. The smallest absolute Gasteiger partial charge is 0.530 e. The molecule has 1 aliphatic heterocycles. The van der Waals surface area contributed by atoms with E-state index in [2.05, 4.69) is 0 Å². The Morgan fingerprint density at radius 2 is 2.00 bits per heavy atom. The van der Waals surface area contributed by atoms with E-state index in [1.165, 1.54) is 4.90 Å². The summed E-state index contributed by atoms with van der Waals surface area (Å²) in [7, 11) is 0. The Morgan fingerprint density at radius 1 is 1.57 bits per heavy atom. The quantitative estimate of drug-likeness (QED) is 0.233. The minimum absolute atomic E-state index is 0. The van der Waals surface area contributed by atoms with E-state index in [1.54, 1.807) is 0 Å². The Kier molecular flexibility index (Phi) is 2.64. The van der Waals surface area contributed by atoms with Crippen molar-refractivity contribution in [3.8, 4) is 0 Å². The summed E-state index contributed by atoms with van der Waals surface area (Å²) in [6.45, 7) is 1.34. The molecule has 1 aliphatic rings. The Labute approximate surface area is 63.6 Å². The fourth-order valence-corrected chi connectivity index (χ4v) is 0.233. The van der Waals surface area contributed by atoms with E-state index in [0.29, 0.717) is 13.1 Å². The second-order valence-electron chi connectivity index (χ2n) is 1.25. The SMILES string of the molecule is O=C([O-])N1CC1.[Na+]. The molecule has 0 unspecified atom stereocenters. The fraction of sp³-hybridized carbons (Fsp3) is 0.667. The zero-order chi connectivity index (χ0) is 4.57. The van der Waals surface area contributed by atoms with Crippen LogP contribution in [0.2, 0.25) is 0 Å². The van der Waals surface area contributed by atoms with Crippen molar-refractivity contribution >= 4 is 6.09 Å². The van der Waals surface area contributed by atoms with Crippen molar-refractivity contribution in [1.82, 2.24) is 4.90 Å². The molecule has 0 spiro atoms. The van der Waals surface area contributed by atoms with Crippen LogP contribution >= 0.6 is 0 Å². The molecule has 0 aromatic heterocycles. The van der Waals surface area contributed by atoms with E-state index < -0.39 is 6.09 Å². The maximum atomic E-state index is 9.58. The molecule has 1 amide bonds.